The van der Waals surface area contributed by atoms with E-state index in [4.69, 9.17) is 10.5 Å². The first kappa shape index (κ1) is 13.4. The Morgan fingerprint density at radius 1 is 0.947 bits per heavy atom. The van der Waals surface area contributed by atoms with Crippen LogP contribution in [0.3, 0.4) is 0 Å². The molecule has 0 spiro atoms. The molecule has 0 aliphatic rings. The van der Waals surface area contributed by atoms with Crippen LogP contribution in [0.4, 0.5) is 10.1 Å². The van der Waals surface area contributed by atoms with Crippen LogP contribution in [0, 0.1) is 26.6 Å². The predicted molar refractivity (Wildman–Crippen MR) is 77.0 cm³/mol. The zero-order valence-corrected chi connectivity index (χ0v) is 11.7. The van der Waals surface area contributed by atoms with Gasteiger partial charge in [-0.2, -0.15) is 0 Å². The minimum Gasteiger partial charge on any atom is -0.496 e. The second-order valence-electron chi connectivity index (χ2n) is 4.83. The molecule has 0 heterocycles. The molecule has 0 unspecified atom stereocenters. The highest BCUT2D eigenvalue weighted by atomic mass is 19.1. The number of nitrogens with two attached hydrogens (primary N) is 1. The van der Waals surface area contributed by atoms with Gasteiger partial charge in [0.25, 0.3) is 0 Å². The van der Waals surface area contributed by atoms with Crippen molar-refractivity contribution in [3.8, 4) is 16.9 Å². The first-order valence-corrected chi connectivity index (χ1v) is 6.15. The first-order chi connectivity index (χ1) is 8.93. The summed E-state index contributed by atoms with van der Waals surface area (Å²) in [6.45, 7) is 5.70. The van der Waals surface area contributed by atoms with Gasteiger partial charge in [-0.05, 0) is 67.3 Å². The van der Waals surface area contributed by atoms with Crippen LogP contribution in [0.1, 0.15) is 16.7 Å². The van der Waals surface area contributed by atoms with Crippen molar-refractivity contribution in [2.45, 2.75) is 20.8 Å². The van der Waals surface area contributed by atoms with Gasteiger partial charge in [0.15, 0.2) is 0 Å². The highest BCUT2D eigenvalue weighted by Crippen LogP contribution is 2.32. The van der Waals surface area contributed by atoms with Gasteiger partial charge in [0.2, 0.25) is 0 Å². The molecule has 0 saturated carbocycles. The summed E-state index contributed by atoms with van der Waals surface area (Å²) in [5.41, 5.74) is 10.5. The fourth-order valence-corrected chi connectivity index (χ4v) is 2.34. The second kappa shape index (κ2) is 4.92. The van der Waals surface area contributed by atoms with Gasteiger partial charge >= 0.3 is 0 Å². The van der Waals surface area contributed by atoms with Gasteiger partial charge in [0, 0.05) is 11.3 Å². The molecule has 0 aliphatic heterocycles. The van der Waals surface area contributed by atoms with Gasteiger partial charge in [0.1, 0.15) is 11.6 Å². The molecular formula is C16H18FNO. The molecule has 0 fully saturated rings. The Bertz CT molecular complexity index is 612. The number of methoxy groups -OCH3 is 1. The third-order valence-corrected chi connectivity index (χ3v) is 3.33. The predicted octanol–water partition coefficient (Wildman–Crippen LogP) is 4.01. The van der Waals surface area contributed by atoms with Crippen LogP contribution in [0.5, 0.6) is 5.75 Å². The van der Waals surface area contributed by atoms with Crippen molar-refractivity contribution in [1.82, 2.24) is 0 Å². The van der Waals surface area contributed by atoms with Crippen LogP contribution in [0.15, 0.2) is 24.3 Å². The van der Waals surface area contributed by atoms with E-state index < -0.39 is 0 Å². The Morgan fingerprint density at radius 2 is 1.53 bits per heavy atom. The number of nitrogen functional groups attached to an aromatic ring is 1. The Kier molecular flexibility index (Phi) is 3.47. The zero-order valence-electron chi connectivity index (χ0n) is 11.7. The molecule has 2 rings (SSSR count). The van der Waals surface area contributed by atoms with Gasteiger partial charge in [-0.1, -0.05) is 0 Å². The topological polar surface area (TPSA) is 35.2 Å². The van der Waals surface area contributed by atoms with Crippen molar-refractivity contribution < 1.29 is 9.13 Å². The van der Waals surface area contributed by atoms with E-state index in [1.54, 1.807) is 20.1 Å². The van der Waals surface area contributed by atoms with E-state index >= 15 is 0 Å². The van der Waals surface area contributed by atoms with E-state index in [1.807, 2.05) is 26.0 Å². The highest BCUT2D eigenvalue weighted by molar-refractivity contribution is 5.72. The van der Waals surface area contributed by atoms with Crippen molar-refractivity contribution in [2.75, 3.05) is 12.8 Å². The lowest BCUT2D eigenvalue weighted by atomic mass is 9.97. The number of aryl methyl sites for hydroxylation is 3. The van der Waals surface area contributed by atoms with Crippen molar-refractivity contribution >= 4 is 5.69 Å². The monoisotopic (exact) mass is 259 g/mol. The molecular weight excluding hydrogens is 241 g/mol. The lowest BCUT2D eigenvalue weighted by Crippen LogP contribution is -1.96. The minimum absolute atomic E-state index is 0.254. The fraction of sp³-hybridized carbons (Fsp3) is 0.250. The third-order valence-electron chi connectivity index (χ3n) is 3.33. The summed E-state index contributed by atoms with van der Waals surface area (Å²) in [4.78, 5) is 0. The quantitative estimate of drug-likeness (QED) is 0.827. The SMILES string of the molecule is COc1c(C)cc(-c2cc(N)c(C)cc2F)cc1C. The molecule has 0 aliphatic carbocycles. The van der Waals surface area contributed by atoms with Gasteiger partial charge in [0.05, 0.1) is 7.11 Å². The van der Waals surface area contributed by atoms with Crippen molar-refractivity contribution in [2.24, 2.45) is 0 Å². The van der Waals surface area contributed by atoms with Gasteiger partial charge < -0.3 is 10.5 Å². The van der Waals surface area contributed by atoms with Crippen LogP contribution in [0.2, 0.25) is 0 Å². The molecule has 0 atom stereocenters. The average Bonchev–Trinajstić information content (AvgIpc) is 2.33. The lowest BCUT2D eigenvalue weighted by Gasteiger charge is -2.13. The Hall–Kier alpha value is -2.03. The summed E-state index contributed by atoms with van der Waals surface area (Å²) in [5, 5.41) is 0. The fourth-order valence-electron chi connectivity index (χ4n) is 2.34. The van der Waals surface area contributed by atoms with E-state index in [0.29, 0.717) is 11.3 Å². The van der Waals surface area contributed by atoms with Crippen LogP contribution >= 0.6 is 0 Å². The Balaban J connectivity index is 2.63. The van der Waals surface area contributed by atoms with Crippen molar-refractivity contribution in [3.63, 3.8) is 0 Å². The standard InChI is InChI=1S/C16H18FNO/c1-9-7-14(17)13(8-15(9)18)12-5-10(2)16(19-4)11(3)6-12/h5-8H,18H2,1-4H3. The molecule has 100 valence electrons. The summed E-state index contributed by atoms with van der Waals surface area (Å²) in [5.74, 6) is 0.583. The summed E-state index contributed by atoms with van der Waals surface area (Å²) < 4.78 is 19.4. The lowest BCUT2D eigenvalue weighted by molar-refractivity contribution is 0.408. The molecule has 0 bridgehead atoms. The number of hydrogen-bond donors (Lipinski definition) is 1. The molecule has 0 aromatic heterocycles. The maximum atomic E-state index is 14.1. The Morgan fingerprint density at radius 3 is 2.05 bits per heavy atom. The normalized spacial score (nSPS) is 10.6. The Labute approximate surface area is 113 Å². The molecule has 0 amide bonds. The summed E-state index contributed by atoms with van der Waals surface area (Å²) in [7, 11) is 1.64. The van der Waals surface area contributed by atoms with Crippen LogP contribution < -0.4 is 10.5 Å². The maximum Gasteiger partial charge on any atom is 0.131 e. The number of halogens is 1. The first-order valence-electron chi connectivity index (χ1n) is 6.15. The smallest absolute Gasteiger partial charge is 0.131 e. The second-order valence-corrected chi connectivity index (χ2v) is 4.83. The van der Waals surface area contributed by atoms with Crippen molar-refractivity contribution in [1.29, 1.82) is 0 Å². The largest absolute Gasteiger partial charge is 0.496 e. The van der Waals surface area contributed by atoms with Crippen molar-refractivity contribution in [3.05, 3.63) is 46.8 Å². The molecule has 19 heavy (non-hydrogen) atoms. The summed E-state index contributed by atoms with van der Waals surface area (Å²) >= 11 is 0. The van der Waals surface area contributed by atoms with Gasteiger partial charge in [-0.15, -0.1) is 0 Å². The number of anilines is 1. The van der Waals surface area contributed by atoms with Crippen LogP contribution in [0.25, 0.3) is 11.1 Å². The molecule has 0 radical (unpaired) electrons. The minimum atomic E-state index is -0.254. The number of ether oxygens (including phenoxy) is 1. The molecule has 2 aromatic rings. The highest BCUT2D eigenvalue weighted by Gasteiger charge is 2.11. The number of rotatable bonds is 2. The van der Waals surface area contributed by atoms with E-state index in [9.17, 15) is 4.39 Å². The van der Waals surface area contributed by atoms with E-state index in [1.165, 1.54) is 6.07 Å². The summed E-state index contributed by atoms with van der Waals surface area (Å²) in [6.07, 6.45) is 0. The molecule has 0 saturated heterocycles. The maximum absolute atomic E-state index is 14.1. The third kappa shape index (κ3) is 2.41. The van der Waals surface area contributed by atoms with E-state index in [2.05, 4.69) is 0 Å². The van der Waals surface area contributed by atoms with Gasteiger partial charge in [-0.3, -0.25) is 0 Å². The number of benzene rings is 2. The molecule has 2 aromatic carbocycles. The zero-order chi connectivity index (χ0) is 14.2. The average molecular weight is 259 g/mol. The van der Waals surface area contributed by atoms with Crippen LogP contribution in [-0.2, 0) is 0 Å². The summed E-state index contributed by atoms with van der Waals surface area (Å²) in [6, 6.07) is 6.99. The molecule has 3 heteroatoms. The van der Waals surface area contributed by atoms with Crippen LogP contribution in [-0.4, -0.2) is 7.11 Å². The van der Waals surface area contributed by atoms with E-state index in [-0.39, 0.29) is 5.82 Å². The molecule has 2 N–H and O–H groups in total. The number of hydrogen-bond acceptors (Lipinski definition) is 2. The molecule has 2 nitrogen and oxygen atoms in total. The van der Waals surface area contributed by atoms with Gasteiger partial charge in [-0.25, -0.2) is 4.39 Å². The van der Waals surface area contributed by atoms with E-state index in [0.717, 1.165) is 28.0 Å².